The van der Waals surface area contributed by atoms with Crippen LogP contribution in [0.15, 0.2) is 28.7 Å². The van der Waals surface area contributed by atoms with Crippen molar-refractivity contribution in [3.8, 4) is 0 Å². The Kier molecular flexibility index (Phi) is 5.85. The van der Waals surface area contributed by atoms with Crippen LogP contribution in [-0.4, -0.2) is 25.0 Å². The number of carbonyl (C=O) groups excluding carboxylic acids is 2. The molecular formula is C13H16BrNO3. The molecule has 0 spiro atoms. The smallest absolute Gasteiger partial charge is 0.328 e. The molecule has 4 nitrogen and oxygen atoms in total. The standard InChI is InChI=1S/C13H16BrNO3/c1-3-5-11(13(17)18-2)15-12(16)9-6-4-7-10(14)8-9/h4,6-8,11H,3,5H2,1-2H3,(H,15,16)/t11-/m1/s1. The maximum Gasteiger partial charge on any atom is 0.328 e. The van der Waals surface area contributed by atoms with E-state index in [1.807, 2.05) is 13.0 Å². The number of hydrogen-bond donors (Lipinski definition) is 1. The summed E-state index contributed by atoms with van der Waals surface area (Å²) in [4.78, 5) is 23.5. The molecule has 0 bridgehead atoms. The molecule has 98 valence electrons. The monoisotopic (exact) mass is 313 g/mol. The maximum atomic E-state index is 12.0. The number of rotatable bonds is 5. The van der Waals surface area contributed by atoms with Crippen molar-refractivity contribution in [2.75, 3.05) is 7.11 Å². The van der Waals surface area contributed by atoms with Gasteiger partial charge in [0.05, 0.1) is 7.11 Å². The Morgan fingerprint density at radius 1 is 1.44 bits per heavy atom. The molecule has 0 saturated heterocycles. The minimum atomic E-state index is -0.591. The molecule has 1 aromatic carbocycles. The van der Waals surface area contributed by atoms with Gasteiger partial charge in [-0.25, -0.2) is 4.79 Å². The molecule has 1 amide bonds. The van der Waals surface area contributed by atoms with E-state index >= 15 is 0 Å². The van der Waals surface area contributed by atoms with Crippen LogP contribution >= 0.6 is 15.9 Å². The topological polar surface area (TPSA) is 55.4 Å². The number of esters is 1. The number of carbonyl (C=O) groups is 2. The van der Waals surface area contributed by atoms with Crippen LogP contribution in [0.3, 0.4) is 0 Å². The summed E-state index contributed by atoms with van der Waals surface area (Å²) in [6, 6.07) is 6.41. The van der Waals surface area contributed by atoms with Gasteiger partial charge < -0.3 is 10.1 Å². The van der Waals surface area contributed by atoms with E-state index in [0.29, 0.717) is 12.0 Å². The summed E-state index contributed by atoms with van der Waals surface area (Å²) in [7, 11) is 1.32. The van der Waals surface area contributed by atoms with Crippen molar-refractivity contribution in [2.45, 2.75) is 25.8 Å². The van der Waals surface area contributed by atoms with Gasteiger partial charge in [0.25, 0.3) is 5.91 Å². The lowest BCUT2D eigenvalue weighted by atomic mass is 10.1. The second-order valence-electron chi connectivity index (χ2n) is 3.85. The molecular weight excluding hydrogens is 298 g/mol. The first kappa shape index (κ1) is 14.7. The predicted octanol–water partition coefficient (Wildman–Crippen LogP) is 2.52. The van der Waals surface area contributed by atoms with Crippen molar-refractivity contribution in [1.82, 2.24) is 5.32 Å². The largest absolute Gasteiger partial charge is 0.467 e. The molecule has 0 unspecified atom stereocenters. The average Bonchev–Trinajstić information content (AvgIpc) is 2.37. The summed E-state index contributed by atoms with van der Waals surface area (Å²) >= 11 is 3.30. The Morgan fingerprint density at radius 2 is 2.17 bits per heavy atom. The fourth-order valence-corrected chi connectivity index (χ4v) is 1.95. The first-order valence-corrected chi connectivity index (χ1v) is 6.52. The van der Waals surface area contributed by atoms with Gasteiger partial charge in [-0.15, -0.1) is 0 Å². The number of amides is 1. The van der Waals surface area contributed by atoms with Gasteiger partial charge in [0.2, 0.25) is 0 Å². The molecule has 0 aliphatic heterocycles. The Bertz CT molecular complexity index is 434. The van der Waals surface area contributed by atoms with Crippen LogP contribution in [0.2, 0.25) is 0 Å². The SMILES string of the molecule is CCC[C@@H](NC(=O)c1cccc(Br)c1)C(=O)OC. The van der Waals surface area contributed by atoms with Gasteiger partial charge in [0, 0.05) is 10.0 Å². The summed E-state index contributed by atoms with van der Waals surface area (Å²) < 4.78 is 5.48. The van der Waals surface area contributed by atoms with Crippen molar-refractivity contribution in [3.05, 3.63) is 34.3 Å². The Labute approximate surface area is 115 Å². The van der Waals surface area contributed by atoms with Crippen LogP contribution in [0.1, 0.15) is 30.1 Å². The van der Waals surface area contributed by atoms with Crippen LogP contribution in [-0.2, 0) is 9.53 Å². The third kappa shape index (κ3) is 4.14. The molecule has 18 heavy (non-hydrogen) atoms. The first-order valence-electron chi connectivity index (χ1n) is 5.72. The van der Waals surface area contributed by atoms with E-state index in [2.05, 4.69) is 26.0 Å². The van der Waals surface area contributed by atoms with Crippen LogP contribution in [0.25, 0.3) is 0 Å². The number of halogens is 1. The quantitative estimate of drug-likeness (QED) is 0.850. The van der Waals surface area contributed by atoms with E-state index in [1.54, 1.807) is 18.2 Å². The minimum Gasteiger partial charge on any atom is -0.467 e. The highest BCUT2D eigenvalue weighted by molar-refractivity contribution is 9.10. The van der Waals surface area contributed by atoms with Gasteiger partial charge in [-0.3, -0.25) is 4.79 Å². The normalized spacial score (nSPS) is 11.7. The van der Waals surface area contributed by atoms with Crippen molar-refractivity contribution in [2.24, 2.45) is 0 Å². The zero-order valence-electron chi connectivity index (χ0n) is 10.4. The Hall–Kier alpha value is -1.36. The maximum absolute atomic E-state index is 12.0. The summed E-state index contributed by atoms with van der Waals surface area (Å²) in [5.41, 5.74) is 0.509. The van der Waals surface area contributed by atoms with Crippen molar-refractivity contribution >= 4 is 27.8 Å². The van der Waals surface area contributed by atoms with E-state index in [9.17, 15) is 9.59 Å². The van der Waals surface area contributed by atoms with Crippen molar-refractivity contribution in [1.29, 1.82) is 0 Å². The van der Waals surface area contributed by atoms with Gasteiger partial charge in [-0.1, -0.05) is 35.3 Å². The highest BCUT2D eigenvalue weighted by atomic mass is 79.9. The summed E-state index contributed by atoms with van der Waals surface area (Å²) in [5, 5.41) is 2.68. The third-order valence-corrected chi connectivity index (χ3v) is 2.95. The highest BCUT2D eigenvalue weighted by Crippen LogP contribution is 2.12. The number of hydrogen-bond acceptors (Lipinski definition) is 3. The zero-order valence-corrected chi connectivity index (χ0v) is 12.0. The molecule has 5 heteroatoms. The average molecular weight is 314 g/mol. The molecule has 1 aromatic rings. The fraction of sp³-hybridized carbons (Fsp3) is 0.385. The van der Waals surface area contributed by atoms with Crippen molar-refractivity contribution < 1.29 is 14.3 Å². The molecule has 0 fully saturated rings. The molecule has 1 atom stereocenters. The fourth-order valence-electron chi connectivity index (χ4n) is 1.55. The van der Waals surface area contributed by atoms with Crippen LogP contribution < -0.4 is 5.32 Å². The summed E-state index contributed by atoms with van der Waals surface area (Å²) in [6.07, 6.45) is 1.35. The zero-order chi connectivity index (χ0) is 13.5. The number of benzene rings is 1. The molecule has 0 heterocycles. The van der Waals surface area contributed by atoms with Gasteiger partial charge in [0.15, 0.2) is 0 Å². The van der Waals surface area contributed by atoms with E-state index in [-0.39, 0.29) is 5.91 Å². The lowest BCUT2D eigenvalue weighted by molar-refractivity contribution is -0.143. The van der Waals surface area contributed by atoms with E-state index in [0.717, 1.165) is 10.9 Å². The van der Waals surface area contributed by atoms with Crippen LogP contribution in [0, 0.1) is 0 Å². The number of ether oxygens (including phenoxy) is 1. The second-order valence-corrected chi connectivity index (χ2v) is 4.76. The van der Waals surface area contributed by atoms with Gasteiger partial charge in [-0.2, -0.15) is 0 Å². The van der Waals surface area contributed by atoms with Gasteiger partial charge >= 0.3 is 5.97 Å². The molecule has 0 aromatic heterocycles. The molecule has 0 radical (unpaired) electrons. The highest BCUT2D eigenvalue weighted by Gasteiger charge is 2.20. The molecule has 0 saturated carbocycles. The summed E-state index contributed by atoms with van der Waals surface area (Å²) in [6.45, 7) is 1.95. The predicted molar refractivity (Wildman–Crippen MR) is 72.3 cm³/mol. The van der Waals surface area contributed by atoms with Crippen molar-refractivity contribution in [3.63, 3.8) is 0 Å². The Morgan fingerprint density at radius 3 is 2.72 bits per heavy atom. The van der Waals surface area contributed by atoms with E-state index in [4.69, 9.17) is 0 Å². The number of nitrogens with one attached hydrogen (secondary N) is 1. The van der Waals surface area contributed by atoms with Gasteiger partial charge in [0.1, 0.15) is 6.04 Å². The van der Waals surface area contributed by atoms with Gasteiger partial charge in [-0.05, 0) is 24.6 Å². The lowest BCUT2D eigenvalue weighted by Gasteiger charge is -2.15. The molecule has 1 N–H and O–H groups in total. The van der Waals surface area contributed by atoms with E-state index < -0.39 is 12.0 Å². The summed E-state index contributed by atoms with van der Waals surface area (Å²) in [5.74, 6) is -0.694. The van der Waals surface area contributed by atoms with Crippen LogP contribution in [0.4, 0.5) is 0 Å². The molecule has 1 rings (SSSR count). The minimum absolute atomic E-state index is 0.278. The lowest BCUT2D eigenvalue weighted by Crippen LogP contribution is -2.41. The number of methoxy groups -OCH3 is 1. The third-order valence-electron chi connectivity index (χ3n) is 2.46. The molecule has 0 aliphatic rings. The van der Waals surface area contributed by atoms with E-state index in [1.165, 1.54) is 7.11 Å². The second kappa shape index (κ2) is 7.16. The first-order chi connectivity index (χ1) is 8.58. The molecule has 0 aliphatic carbocycles. The Balaban J connectivity index is 2.75. The van der Waals surface area contributed by atoms with Crippen LogP contribution in [0.5, 0.6) is 0 Å².